The van der Waals surface area contributed by atoms with Crippen molar-refractivity contribution in [3.8, 4) is 0 Å². The third kappa shape index (κ3) is 2.89. The average Bonchev–Trinajstić information content (AvgIpc) is 2.39. The van der Waals surface area contributed by atoms with Crippen LogP contribution in [-0.2, 0) is 5.88 Å². The van der Waals surface area contributed by atoms with E-state index in [1.165, 1.54) is 5.57 Å². The summed E-state index contributed by atoms with van der Waals surface area (Å²) in [6.45, 7) is 3.65. The molecule has 1 amide bonds. The van der Waals surface area contributed by atoms with Crippen LogP contribution in [0.2, 0.25) is 0 Å². The number of rotatable bonds is 2. The summed E-state index contributed by atoms with van der Waals surface area (Å²) in [4.78, 5) is 14.0. The van der Waals surface area contributed by atoms with E-state index >= 15 is 0 Å². The van der Waals surface area contributed by atoms with Crippen molar-refractivity contribution in [3.63, 3.8) is 0 Å². The first-order valence-electron chi connectivity index (χ1n) is 5.80. The Morgan fingerprint density at radius 3 is 2.59 bits per heavy atom. The summed E-state index contributed by atoms with van der Waals surface area (Å²) >= 11 is 5.72. The van der Waals surface area contributed by atoms with Crippen molar-refractivity contribution >= 4 is 17.5 Å². The van der Waals surface area contributed by atoms with E-state index in [1.54, 1.807) is 0 Å². The van der Waals surface area contributed by atoms with Crippen LogP contribution in [0, 0.1) is 0 Å². The Balaban J connectivity index is 2.09. The molecule has 0 aliphatic carbocycles. The zero-order valence-corrected chi connectivity index (χ0v) is 10.7. The maximum atomic E-state index is 12.2. The summed E-state index contributed by atoms with van der Waals surface area (Å²) in [5.74, 6) is 0.593. The number of amides is 1. The van der Waals surface area contributed by atoms with Gasteiger partial charge < -0.3 is 4.90 Å². The van der Waals surface area contributed by atoms with Gasteiger partial charge in [-0.3, -0.25) is 4.79 Å². The van der Waals surface area contributed by atoms with Gasteiger partial charge in [0.05, 0.1) is 0 Å². The third-order valence-corrected chi connectivity index (χ3v) is 3.39. The van der Waals surface area contributed by atoms with Crippen LogP contribution in [-0.4, -0.2) is 23.9 Å². The van der Waals surface area contributed by atoms with E-state index in [1.807, 2.05) is 29.2 Å². The monoisotopic (exact) mass is 249 g/mol. The van der Waals surface area contributed by atoms with E-state index in [4.69, 9.17) is 11.6 Å². The molecule has 1 aliphatic heterocycles. The molecule has 1 heterocycles. The molecular weight excluding hydrogens is 234 g/mol. The molecule has 2 nitrogen and oxygen atoms in total. The van der Waals surface area contributed by atoms with E-state index in [9.17, 15) is 4.79 Å². The fourth-order valence-corrected chi connectivity index (χ4v) is 2.05. The van der Waals surface area contributed by atoms with Gasteiger partial charge in [-0.05, 0) is 31.0 Å². The lowest BCUT2D eigenvalue weighted by molar-refractivity contribution is 0.0769. The summed E-state index contributed by atoms with van der Waals surface area (Å²) in [7, 11) is 0. The highest BCUT2D eigenvalue weighted by atomic mass is 35.5. The first kappa shape index (κ1) is 12.2. The van der Waals surface area contributed by atoms with E-state index in [-0.39, 0.29) is 5.91 Å². The summed E-state index contributed by atoms with van der Waals surface area (Å²) in [6, 6.07) is 7.52. The standard InChI is InChI=1S/C14H16ClNO/c1-11-6-8-16(9-7-11)14(17)13-4-2-12(10-15)3-5-13/h2-6H,7-10H2,1H3. The summed E-state index contributed by atoms with van der Waals surface area (Å²) in [5, 5.41) is 0. The molecule has 0 aromatic heterocycles. The molecule has 0 fully saturated rings. The maximum absolute atomic E-state index is 12.2. The molecule has 0 saturated heterocycles. The highest BCUT2D eigenvalue weighted by Crippen LogP contribution is 2.14. The summed E-state index contributed by atoms with van der Waals surface area (Å²) in [6.07, 6.45) is 3.10. The molecule has 0 spiro atoms. The molecular formula is C14H16ClNO. The van der Waals surface area contributed by atoms with Crippen molar-refractivity contribution in [1.29, 1.82) is 0 Å². The Morgan fingerprint density at radius 2 is 2.06 bits per heavy atom. The number of hydrogen-bond acceptors (Lipinski definition) is 1. The van der Waals surface area contributed by atoms with Crippen LogP contribution in [0.1, 0.15) is 29.3 Å². The largest absolute Gasteiger partial charge is 0.335 e. The molecule has 1 aromatic carbocycles. The van der Waals surface area contributed by atoms with Crippen LogP contribution < -0.4 is 0 Å². The molecule has 17 heavy (non-hydrogen) atoms. The van der Waals surface area contributed by atoms with Crippen LogP contribution in [0.25, 0.3) is 0 Å². The van der Waals surface area contributed by atoms with Crippen molar-refractivity contribution in [2.75, 3.05) is 13.1 Å². The first-order valence-corrected chi connectivity index (χ1v) is 6.34. The fraction of sp³-hybridized carbons (Fsp3) is 0.357. The van der Waals surface area contributed by atoms with Crippen molar-refractivity contribution < 1.29 is 4.79 Å². The molecule has 1 aliphatic rings. The minimum atomic E-state index is 0.106. The van der Waals surface area contributed by atoms with Crippen molar-refractivity contribution in [2.24, 2.45) is 0 Å². The van der Waals surface area contributed by atoms with Gasteiger partial charge in [0.15, 0.2) is 0 Å². The number of carbonyl (C=O) groups excluding carboxylic acids is 1. The second kappa shape index (κ2) is 5.37. The van der Waals surface area contributed by atoms with Gasteiger partial charge in [0.25, 0.3) is 5.91 Å². The summed E-state index contributed by atoms with van der Waals surface area (Å²) < 4.78 is 0. The number of nitrogens with zero attached hydrogens (tertiary/aromatic N) is 1. The third-order valence-electron chi connectivity index (χ3n) is 3.08. The summed E-state index contributed by atoms with van der Waals surface area (Å²) in [5.41, 5.74) is 3.15. The van der Waals surface area contributed by atoms with E-state index in [2.05, 4.69) is 13.0 Å². The molecule has 2 rings (SSSR count). The van der Waals surface area contributed by atoms with E-state index in [0.29, 0.717) is 5.88 Å². The van der Waals surface area contributed by atoms with Crippen molar-refractivity contribution in [1.82, 2.24) is 4.90 Å². The molecule has 0 atom stereocenters. The van der Waals surface area contributed by atoms with Crippen LogP contribution in [0.3, 0.4) is 0 Å². The topological polar surface area (TPSA) is 20.3 Å². The fourth-order valence-electron chi connectivity index (χ4n) is 1.87. The number of hydrogen-bond donors (Lipinski definition) is 0. The highest BCUT2D eigenvalue weighted by Gasteiger charge is 2.17. The van der Waals surface area contributed by atoms with Crippen molar-refractivity contribution in [3.05, 3.63) is 47.0 Å². The lowest BCUT2D eigenvalue weighted by Gasteiger charge is -2.25. The molecule has 1 aromatic rings. The van der Waals surface area contributed by atoms with Crippen LogP contribution in [0.4, 0.5) is 0 Å². The minimum Gasteiger partial charge on any atom is -0.335 e. The Morgan fingerprint density at radius 1 is 1.35 bits per heavy atom. The molecule has 0 N–H and O–H groups in total. The highest BCUT2D eigenvalue weighted by molar-refractivity contribution is 6.17. The molecule has 0 unspecified atom stereocenters. The zero-order valence-electron chi connectivity index (χ0n) is 9.95. The molecule has 3 heteroatoms. The van der Waals surface area contributed by atoms with E-state index in [0.717, 1.165) is 30.6 Å². The maximum Gasteiger partial charge on any atom is 0.254 e. The van der Waals surface area contributed by atoms with Gasteiger partial charge in [-0.25, -0.2) is 0 Å². The zero-order chi connectivity index (χ0) is 12.3. The number of alkyl halides is 1. The Labute approximate surface area is 107 Å². The first-order chi connectivity index (χ1) is 8.20. The van der Waals surface area contributed by atoms with Gasteiger partial charge in [-0.1, -0.05) is 23.8 Å². The van der Waals surface area contributed by atoms with Gasteiger partial charge in [0.1, 0.15) is 0 Å². The predicted molar refractivity (Wildman–Crippen MR) is 70.3 cm³/mol. The number of halogens is 1. The lowest BCUT2D eigenvalue weighted by atomic mass is 10.1. The van der Waals surface area contributed by atoms with Gasteiger partial charge in [-0.2, -0.15) is 0 Å². The quantitative estimate of drug-likeness (QED) is 0.582. The normalized spacial score (nSPS) is 15.6. The van der Waals surface area contributed by atoms with Gasteiger partial charge in [-0.15, -0.1) is 11.6 Å². The Bertz CT molecular complexity index is 436. The van der Waals surface area contributed by atoms with Crippen LogP contribution >= 0.6 is 11.6 Å². The molecule has 90 valence electrons. The minimum absolute atomic E-state index is 0.106. The van der Waals surface area contributed by atoms with Gasteiger partial charge in [0, 0.05) is 24.5 Å². The SMILES string of the molecule is CC1=CCN(C(=O)c2ccc(CCl)cc2)CC1. The predicted octanol–water partition coefficient (Wildman–Crippen LogP) is 3.22. The van der Waals surface area contributed by atoms with Crippen LogP contribution in [0.15, 0.2) is 35.9 Å². The smallest absolute Gasteiger partial charge is 0.254 e. The Hall–Kier alpha value is -1.28. The lowest BCUT2D eigenvalue weighted by Crippen LogP contribution is -2.34. The molecule has 0 radical (unpaired) electrons. The Kier molecular flexibility index (Phi) is 3.85. The van der Waals surface area contributed by atoms with Gasteiger partial charge >= 0.3 is 0 Å². The number of benzene rings is 1. The molecule has 0 saturated carbocycles. The second-order valence-corrected chi connectivity index (χ2v) is 4.65. The van der Waals surface area contributed by atoms with Crippen LogP contribution in [0.5, 0.6) is 0 Å². The van der Waals surface area contributed by atoms with E-state index < -0.39 is 0 Å². The number of carbonyl (C=O) groups is 1. The average molecular weight is 250 g/mol. The molecule has 0 bridgehead atoms. The van der Waals surface area contributed by atoms with Crippen molar-refractivity contribution in [2.45, 2.75) is 19.2 Å². The second-order valence-electron chi connectivity index (χ2n) is 4.38. The van der Waals surface area contributed by atoms with Gasteiger partial charge in [0.2, 0.25) is 0 Å².